The second kappa shape index (κ2) is 7.19. The Labute approximate surface area is 136 Å². The van der Waals surface area contributed by atoms with E-state index in [1.807, 2.05) is 6.92 Å². The van der Waals surface area contributed by atoms with Gasteiger partial charge in [0.15, 0.2) is 0 Å². The van der Waals surface area contributed by atoms with Crippen LogP contribution < -0.4 is 10.6 Å². The molecule has 2 amide bonds. The summed E-state index contributed by atoms with van der Waals surface area (Å²) < 4.78 is 26.9. The summed E-state index contributed by atoms with van der Waals surface area (Å²) in [6, 6.07) is 8.12. The lowest BCUT2D eigenvalue weighted by Crippen LogP contribution is -2.33. The lowest BCUT2D eigenvalue weighted by atomic mass is 10.2. The first-order chi connectivity index (χ1) is 10.9. The molecular weight excluding hydrogens is 326 g/mol. The van der Waals surface area contributed by atoms with Crippen molar-refractivity contribution in [3.05, 3.63) is 64.2 Å². The molecule has 0 saturated carbocycles. The van der Waals surface area contributed by atoms with E-state index in [2.05, 4.69) is 10.6 Å². The number of amides is 2. The highest BCUT2D eigenvalue weighted by atomic mass is 35.5. The molecule has 4 nitrogen and oxygen atoms in total. The highest BCUT2D eigenvalue weighted by Gasteiger charge is 2.17. The number of carbonyl (C=O) groups is 2. The average Bonchev–Trinajstić information content (AvgIpc) is 2.48. The van der Waals surface area contributed by atoms with E-state index in [4.69, 9.17) is 11.6 Å². The molecule has 120 valence electrons. The summed E-state index contributed by atoms with van der Waals surface area (Å²) in [5.74, 6) is -3.57. The van der Waals surface area contributed by atoms with Crippen molar-refractivity contribution in [3.8, 4) is 0 Å². The fraction of sp³-hybridized carbons (Fsp3) is 0.125. The third-order valence-corrected chi connectivity index (χ3v) is 3.31. The Balaban J connectivity index is 1.98. The number of nitrogens with one attached hydrogen (secondary N) is 2. The molecule has 0 fully saturated rings. The van der Waals surface area contributed by atoms with Crippen molar-refractivity contribution in [2.24, 2.45) is 0 Å². The topological polar surface area (TPSA) is 58.2 Å². The predicted molar refractivity (Wildman–Crippen MR) is 83.5 cm³/mol. The van der Waals surface area contributed by atoms with Crippen molar-refractivity contribution in [1.82, 2.24) is 5.32 Å². The first kappa shape index (κ1) is 16.9. The van der Waals surface area contributed by atoms with Crippen LogP contribution in [0.5, 0.6) is 0 Å². The molecule has 0 atom stereocenters. The molecule has 7 heteroatoms. The van der Waals surface area contributed by atoms with E-state index in [1.165, 1.54) is 0 Å². The number of carbonyl (C=O) groups excluding carboxylic acids is 2. The van der Waals surface area contributed by atoms with E-state index in [1.54, 1.807) is 18.2 Å². The molecule has 0 unspecified atom stereocenters. The van der Waals surface area contributed by atoms with Gasteiger partial charge in [0, 0.05) is 0 Å². The fourth-order valence-corrected chi connectivity index (χ4v) is 2.16. The van der Waals surface area contributed by atoms with Gasteiger partial charge in [0.05, 0.1) is 17.3 Å². The molecule has 0 radical (unpaired) electrons. The summed E-state index contributed by atoms with van der Waals surface area (Å²) in [6.07, 6.45) is 0. The van der Waals surface area contributed by atoms with Gasteiger partial charge >= 0.3 is 0 Å². The van der Waals surface area contributed by atoms with Crippen molar-refractivity contribution in [3.63, 3.8) is 0 Å². The Kier molecular flexibility index (Phi) is 5.28. The molecule has 0 aromatic heterocycles. The molecule has 0 aliphatic rings. The SMILES string of the molecule is Cc1ccc(NC(=O)CNC(=O)c2c(F)cccc2F)c(Cl)c1. The highest BCUT2D eigenvalue weighted by molar-refractivity contribution is 6.33. The molecule has 23 heavy (non-hydrogen) atoms. The Morgan fingerprint density at radius 2 is 1.78 bits per heavy atom. The zero-order chi connectivity index (χ0) is 17.0. The zero-order valence-corrected chi connectivity index (χ0v) is 12.9. The van der Waals surface area contributed by atoms with Gasteiger partial charge in [-0.25, -0.2) is 8.78 Å². The van der Waals surface area contributed by atoms with Crippen LogP contribution in [0.3, 0.4) is 0 Å². The smallest absolute Gasteiger partial charge is 0.257 e. The predicted octanol–water partition coefficient (Wildman–Crippen LogP) is 3.30. The number of halogens is 3. The number of rotatable bonds is 4. The van der Waals surface area contributed by atoms with Gasteiger partial charge in [0.1, 0.15) is 17.2 Å². The van der Waals surface area contributed by atoms with Crippen LogP contribution in [0.2, 0.25) is 5.02 Å². The van der Waals surface area contributed by atoms with Gasteiger partial charge in [0.25, 0.3) is 5.91 Å². The molecule has 0 saturated heterocycles. The number of benzene rings is 2. The third-order valence-electron chi connectivity index (χ3n) is 3.00. The van der Waals surface area contributed by atoms with E-state index in [9.17, 15) is 18.4 Å². The van der Waals surface area contributed by atoms with Gasteiger partial charge in [-0.3, -0.25) is 9.59 Å². The number of anilines is 1. The molecular formula is C16H13ClF2N2O2. The van der Waals surface area contributed by atoms with Crippen molar-refractivity contribution in [2.45, 2.75) is 6.92 Å². The standard InChI is InChI=1S/C16H13ClF2N2O2/c1-9-5-6-13(10(17)7-9)21-14(22)8-20-16(23)15-11(18)3-2-4-12(15)19/h2-7H,8H2,1H3,(H,20,23)(H,21,22). The highest BCUT2D eigenvalue weighted by Crippen LogP contribution is 2.22. The first-order valence-electron chi connectivity index (χ1n) is 6.66. The summed E-state index contributed by atoms with van der Waals surface area (Å²) in [6.45, 7) is 1.40. The van der Waals surface area contributed by atoms with E-state index in [-0.39, 0.29) is 0 Å². The Hall–Kier alpha value is -2.47. The second-order valence-corrected chi connectivity index (χ2v) is 5.22. The van der Waals surface area contributed by atoms with Crippen LogP contribution in [0.4, 0.5) is 14.5 Å². The molecule has 0 aliphatic heterocycles. The maximum Gasteiger partial charge on any atom is 0.257 e. The van der Waals surface area contributed by atoms with Gasteiger partial charge in [-0.05, 0) is 36.8 Å². The van der Waals surface area contributed by atoms with E-state index in [0.717, 1.165) is 23.8 Å². The average molecular weight is 339 g/mol. The largest absolute Gasteiger partial charge is 0.343 e. The van der Waals surface area contributed by atoms with Crippen molar-refractivity contribution in [2.75, 3.05) is 11.9 Å². The molecule has 2 aromatic rings. The van der Waals surface area contributed by atoms with Crippen LogP contribution in [-0.4, -0.2) is 18.4 Å². The molecule has 0 aliphatic carbocycles. The van der Waals surface area contributed by atoms with Crippen LogP contribution in [0.1, 0.15) is 15.9 Å². The Morgan fingerprint density at radius 1 is 1.13 bits per heavy atom. The van der Waals surface area contributed by atoms with E-state index < -0.39 is 35.6 Å². The maximum atomic E-state index is 13.4. The van der Waals surface area contributed by atoms with Crippen LogP contribution in [0.15, 0.2) is 36.4 Å². The molecule has 2 rings (SSSR count). The van der Waals surface area contributed by atoms with Crippen molar-refractivity contribution < 1.29 is 18.4 Å². The van der Waals surface area contributed by atoms with Crippen LogP contribution in [0, 0.1) is 18.6 Å². The van der Waals surface area contributed by atoms with Gasteiger partial charge < -0.3 is 10.6 Å². The quantitative estimate of drug-likeness (QED) is 0.898. The van der Waals surface area contributed by atoms with Gasteiger partial charge in [-0.15, -0.1) is 0 Å². The van der Waals surface area contributed by atoms with Crippen LogP contribution in [-0.2, 0) is 4.79 Å². The number of aryl methyl sites for hydroxylation is 1. The van der Waals surface area contributed by atoms with Crippen LogP contribution >= 0.6 is 11.6 Å². The molecule has 2 N–H and O–H groups in total. The number of hydrogen-bond donors (Lipinski definition) is 2. The monoisotopic (exact) mass is 338 g/mol. The fourth-order valence-electron chi connectivity index (χ4n) is 1.88. The third kappa shape index (κ3) is 4.26. The van der Waals surface area contributed by atoms with E-state index >= 15 is 0 Å². The minimum absolute atomic E-state index is 0.352. The van der Waals surface area contributed by atoms with Gasteiger partial charge in [-0.1, -0.05) is 23.7 Å². The summed E-state index contributed by atoms with van der Waals surface area (Å²) in [7, 11) is 0. The van der Waals surface area contributed by atoms with Crippen molar-refractivity contribution in [1.29, 1.82) is 0 Å². The summed E-state index contributed by atoms with van der Waals surface area (Å²) >= 11 is 5.97. The Morgan fingerprint density at radius 3 is 2.39 bits per heavy atom. The lowest BCUT2D eigenvalue weighted by Gasteiger charge is -2.09. The molecule has 0 heterocycles. The zero-order valence-electron chi connectivity index (χ0n) is 12.1. The van der Waals surface area contributed by atoms with Crippen molar-refractivity contribution >= 4 is 29.1 Å². The molecule has 0 bridgehead atoms. The lowest BCUT2D eigenvalue weighted by molar-refractivity contribution is -0.115. The normalized spacial score (nSPS) is 10.3. The van der Waals surface area contributed by atoms with Gasteiger partial charge in [-0.2, -0.15) is 0 Å². The molecule has 2 aromatic carbocycles. The Bertz CT molecular complexity index is 745. The minimum Gasteiger partial charge on any atom is -0.343 e. The van der Waals surface area contributed by atoms with E-state index in [0.29, 0.717) is 10.7 Å². The number of hydrogen-bond acceptors (Lipinski definition) is 2. The summed E-state index contributed by atoms with van der Waals surface area (Å²) in [5.41, 5.74) is 0.582. The van der Waals surface area contributed by atoms with Gasteiger partial charge in [0.2, 0.25) is 5.91 Å². The summed E-state index contributed by atoms with van der Waals surface area (Å²) in [5, 5.41) is 5.01. The molecule has 0 spiro atoms. The maximum absolute atomic E-state index is 13.4. The minimum atomic E-state index is -1.01. The summed E-state index contributed by atoms with van der Waals surface area (Å²) in [4.78, 5) is 23.5. The van der Waals surface area contributed by atoms with Crippen LogP contribution in [0.25, 0.3) is 0 Å². The second-order valence-electron chi connectivity index (χ2n) is 4.81. The first-order valence-corrected chi connectivity index (χ1v) is 7.04.